The largest absolute Gasteiger partial charge is 0.307 e. The number of thiazole rings is 1. The molecular weight excluding hydrogens is 455 g/mol. The minimum absolute atomic E-state index is 0.0392. The van der Waals surface area contributed by atoms with Gasteiger partial charge in [0.15, 0.2) is 0 Å². The van der Waals surface area contributed by atoms with E-state index in [-0.39, 0.29) is 11.4 Å². The van der Waals surface area contributed by atoms with Crippen LogP contribution >= 0.6 is 22.7 Å². The Labute approximate surface area is 197 Å². The van der Waals surface area contributed by atoms with Crippen molar-refractivity contribution < 1.29 is 4.39 Å². The molecule has 1 aliphatic rings. The molecule has 33 heavy (non-hydrogen) atoms. The zero-order valence-electron chi connectivity index (χ0n) is 17.8. The normalized spacial score (nSPS) is 15.8. The van der Waals surface area contributed by atoms with Crippen LogP contribution in [-0.2, 0) is 25.9 Å². The number of benzene rings is 2. The fraction of sp³-hybridized carbons (Fsp3) is 0.240. The summed E-state index contributed by atoms with van der Waals surface area (Å²) in [5.41, 5.74) is 2.90. The smallest absolute Gasteiger partial charge is 0.262 e. The first-order valence-corrected chi connectivity index (χ1v) is 12.6. The number of thiophene rings is 1. The van der Waals surface area contributed by atoms with Crippen molar-refractivity contribution in [3.8, 4) is 0 Å². The van der Waals surface area contributed by atoms with Crippen LogP contribution < -0.4 is 10.9 Å². The second-order valence-corrected chi connectivity index (χ2v) is 10.6. The van der Waals surface area contributed by atoms with Crippen LogP contribution in [0, 0.1) is 5.82 Å². The monoisotopic (exact) mass is 476 g/mol. The standard InChI is InChI=1S/C25H21FN4OS2/c26-16-5-3-4-15(10-16)13-30-14-28-24-23(25(30)31)18-9-8-17(11-21(18)33-24)27-12-22-29-19-6-1-2-7-20(19)32-22/h1-7,10,14,17,27H,8-9,11-13H2. The maximum absolute atomic E-state index is 13.6. The maximum Gasteiger partial charge on any atom is 0.262 e. The molecule has 1 aliphatic carbocycles. The lowest BCUT2D eigenvalue weighted by Gasteiger charge is -2.23. The summed E-state index contributed by atoms with van der Waals surface area (Å²) in [5, 5.41) is 5.50. The average Bonchev–Trinajstić information content (AvgIpc) is 3.40. The van der Waals surface area contributed by atoms with Gasteiger partial charge in [0.05, 0.1) is 28.5 Å². The third-order valence-corrected chi connectivity index (χ3v) is 8.36. The van der Waals surface area contributed by atoms with E-state index in [9.17, 15) is 9.18 Å². The predicted molar refractivity (Wildman–Crippen MR) is 132 cm³/mol. The van der Waals surface area contributed by atoms with Gasteiger partial charge in [-0.15, -0.1) is 22.7 Å². The molecule has 5 aromatic rings. The minimum Gasteiger partial charge on any atom is -0.307 e. The summed E-state index contributed by atoms with van der Waals surface area (Å²) in [6.07, 6.45) is 4.31. The number of nitrogens with zero attached hydrogens (tertiary/aromatic N) is 3. The second kappa shape index (κ2) is 8.44. The van der Waals surface area contributed by atoms with Gasteiger partial charge in [-0.3, -0.25) is 9.36 Å². The average molecular weight is 477 g/mol. The van der Waals surface area contributed by atoms with E-state index in [1.54, 1.807) is 39.6 Å². The van der Waals surface area contributed by atoms with Gasteiger partial charge in [0.25, 0.3) is 5.56 Å². The van der Waals surface area contributed by atoms with E-state index >= 15 is 0 Å². The Morgan fingerprint density at radius 2 is 2.06 bits per heavy atom. The van der Waals surface area contributed by atoms with Crippen molar-refractivity contribution in [1.82, 2.24) is 19.9 Å². The van der Waals surface area contributed by atoms with Crippen LogP contribution in [0.15, 0.2) is 59.7 Å². The quantitative estimate of drug-likeness (QED) is 0.392. The molecule has 0 saturated carbocycles. The van der Waals surface area contributed by atoms with Crippen LogP contribution in [0.5, 0.6) is 0 Å². The van der Waals surface area contributed by atoms with E-state index < -0.39 is 0 Å². The number of aryl methyl sites for hydroxylation is 1. The van der Waals surface area contributed by atoms with Gasteiger partial charge in [0, 0.05) is 17.5 Å². The molecule has 0 saturated heterocycles. The van der Waals surface area contributed by atoms with Gasteiger partial charge in [0.2, 0.25) is 0 Å². The highest BCUT2D eigenvalue weighted by atomic mass is 32.1. The summed E-state index contributed by atoms with van der Waals surface area (Å²) in [5.74, 6) is -0.299. The van der Waals surface area contributed by atoms with Crippen LogP contribution in [0.25, 0.3) is 20.4 Å². The van der Waals surface area contributed by atoms with Gasteiger partial charge >= 0.3 is 0 Å². The molecule has 0 bridgehead atoms. The first-order valence-electron chi connectivity index (χ1n) is 11.0. The predicted octanol–water partition coefficient (Wildman–Crippen LogP) is 4.90. The van der Waals surface area contributed by atoms with Crippen LogP contribution in [0.3, 0.4) is 0 Å². The SMILES string of the molecule is O=c1c2c3c(sc2ncn1Cc1cccc(F)c1)CC(NCc1nc2ccccc2s1)CC3. The Hall–Kier alpha value is -2.94. The van der Waals surface area contributed by atoms with E-state index in [0.29, 0.717) is 12.6 Å². The molecular formula is C25H21FN4OS2. The highest BCUT2D eigenvalue weighted by Crippen LogP contribution is 2.34. The lowest BCUT2D eigenvalue weighted by atomic mass is 9.93. The highest BCUT2D eigenvalue weighted by molar-refractivity contribution is 7.19. The van der Waals surface area contributed by atoms with Crippen LogP contribution in [-0.4, -0.2) is 20.6 Å². The molecule has 1 unspecified atom stereocenters. The molecule has 1 atom stereocenters. The van der Waals surface area contributed by atoms with E-state index in [0.717, 1.165) is 57.7 Å². The molecule has 0 fully saturated rings. The molecule has 8 heteroatoms. The Morgan fingerprint density at radius 1 is 1.15 bits per heavy atom. The summed E-state index contributed by atoms with van der Waals surface area (Å²) in [4.78, 5) is 24.6. The number of nitrogens with one attached hydrogen (secondary N) is 1. The number of fused-ring (bicyclic) bond motifs is 4. The third-order valence-electron chi connectivity index (χ3n) is 6.16. The van der Waals surface area contributed by atoms with Gasteiger partial charge in [-0.2, -0.15) is 0 Å². The molecule has 2 aromatic carbocycles. The highest BCUT2D eigenvalue weighted by Gasteiger charge is 2.25. The maximum atomic E-state index is 13.6. The van der Waals surface area contributed by atoms with E-state index in [1.165, 1.54) is 21.7 Å². The fourth-order valence-corrected chi connectivity index (χ4v) is 6.72. The summed E-state index contributed by atoms with van der Waals surface area (Å²) in [6, 6.07) is 14.9. The Bertz CT molecular complexity index is 1500. The third kappa shape index (κ3) is 3.99. The number of halogens is 1. The van der Waals surface area contributed by atoms with Crippen molar-refractivity contribution in [3.05, 3.63) is 92.0 Å². The van der Waals surface area contributed by atoms with Crippen LogP contribution in [0.1, 0.15) is 27.4 Å². The first-order chi connectivity index (χ1) is 16.1. The van der Waals surface area contributed by atoms with Crippen molar-refractivity contribution in [2.45, 2.75) is 38.4 Å². The fourth-order valence-electron chi connectivity index (χ4n) is 4.55. The summed E-state index contributed by atoms with van der Waals surface area (Å²) < 4.78 is 16.3. The number of para-hydroxylation sites is 1. The van der Waals surface area contributed by atoms with E-state index in [4.69, 9.17) is 4.98 Å². The van der Waals surface area contributed by atoms with Crippen LogP contribution in [0.2, 0.25) is 0 Å². The molecule has 0 spiro atoms. The minimum atomic E-state index is -0.299. The van der Waals surface area contributed by atoms with Crippen LogP contribution in [0.4, 0.5) is 4.39 Å². The van der Waals surface area contributed by atoms with Gasteiger partial charge < -0.3 is 5.32 Å². The molecule has 0 amide bonds. The topological polar surface area (TPSA) is 59.8 Å². The second-order valence-electron chi connectivity index (χ2n) is 8.39. The Balaban J connectivity index is 1.21. The molecule has 5 nitrogen and oxygen atoms in total. The summed E-state index contributed by atoms with van der Waals surface area (Å²) in [6.45, 7) is 1.07. The molecule has 3 aromatic heterocycles. The van der Waals surface area contributed by atoms with E-state index in [1.807, 2.05) is 24.3 Å². The zero-order valence-corrected chi connectivity index (χ0v) is 19.4. The Morgan fingerprint density at radius 3 is 2.94 bits per heavy atom. The van der Waals surface area contributed by atoms with Gasteiger partial charge in [-0.25, -0.2) is 14.4 Å². The number of aromatic nitrogens is 3. The van der Waals surface area contributed by atoms with Gasteiger partial charge in [-0.1, -0.05) is 24.3 Å². The molecule has 166 valence electrons. The lowest BCUT2D eigenvalue weighted by Crippen LogP contribution is -2.33. The first kappa shape index (κ1) is 20.7. The number of rotatable bonds is 5. The van der Waals surface area contributed by atoms with Crippen molar-refractivity contribution in [2.75, 3.05) is 0 Å². The lowest BCUT2D eigenvalue weighted by molar-refractivity contribution is 0.462. The molecule has 6 rings (SSSR count). The molecule has 3 heterocycles. The van der Waals surface area contributed by atoms with Crippen molar-refractivity contribution in [2.24, 2.45) is 0 Å². The molecule has 0 radical (unpaired) electrons. The van der Waals surface area contributed by atoms with Crippen molar-refractivity contribution in [1.29, 1.82) is 0 Å². The summed E-state index contributed by atoms with van der Waals surface area (Å²) >= 11 is 3.35. The zero-order chi connectivity index (χ0) is 22.4. The number of hydrogen-bond acceptors (Lipinski definition) is 6. The van der Waals surface area contributed by atoms with E-state index in [2.05, 4.69) is 16.4 Å². The summed E-state index contributed by atoms with van der Waals surface area (Å²) in [7, 11) is 0. The van der Waals surface area contributed by atoms with Crippen molar-refractivity contribution in [3.63, 3.8) is 0 Å². The Kier molecular flexibility index (Phi) is 5.28. The van der Waals surface area contributed by atoms with Crippen molar-refractivity contribution >= 4 is 43.1 Å². The van der Waals surface area contributed by atoms with Gasteiger partial charge in [0.1, 0.15) is 15.7 Å². The van der Waals surface area contributed by atoms with Gasteiger partial charge in [-0.05, 0) is 54.7 Å². The molecule has 1 N–H and O–H groups in total. The number of hydrogen-bond donors (Lipinski definition) is 1. The molecule has 0 aliphatic heterocycles.